The van der Waals surface area contributed by atoms with E-state index in [1.807, 2.05) is 0 Å². The van der Waals surface area contributed by atoms with E-state index in [-0.39, 0.29) is 18.0 Å². The van der Waals surface area contributed by atoms with E-state index in [1.165, 1.54) is 42.6 Å². The minimum absolute atomic E-state index is 0.101. The minimum atomic E-state index is -0.641. The van der Waals surface area contributed by atoms with Gasteiger partial charge in [0.15, 0.2) is 5.69 Å². The van der Waals surface area contributed by atoms with Crippen molar-refractivity contribution in [3.8, 4) is 5.75 Å². The molecule has 23 heavy (non-hydrogen) atoms. The van der Waals surface area contributed by atoms with Crippen LogP contribution in [0.1, 0.15) is 20.8 Å². The molecule has 0 saturated heterocycles. The predicted molar refractivity (Wildman–Crippen MR) is 81.8 cm³/mol. The smallest absolute Gasteiger partial charge is 0.278 e. The summed E-state index contributed by atoms with van der Waals surface area (Å²) < 4.78 is 0. The number of amides is 3. The number of nitrogens with zero attached hydrogens (tertiary/aromatic N) is 1. The van der Waals surface area contributed by atoms with Crippen LogP contribution in [0.4, 0.5) is 5.69 Å². The molecule has 2 aromatic rings. The number of carbonyl (C=O) groups excluding carboxylic acids is 3. The van der Waals surface area contributed by atoms with Crippen molar-refractivity contribution in [2.75, 3.05) is 11.9 Å². The topological polar surface area (TPSA) is 134 Å². The third-order valence-electron chi connectivity index (χ3n) is 2.83. The lowest BCUT2D eigenvalue weighted by atomic mass is 10.2. The molecule has 1 aromatic carbocycles. The average Bonchev–Trinajstić information content (AvgIpc) is 2.53. The second kappa shape index (κ2) is 7.03. The Kier molecular flexibility index (Phi) is 4.88. The van der Waals surface area contributed by atoms with Gasteiger partial charge in [0.25, 0.3) is 11.8 Å². The van der Waals surface area contributed by atoms with Crippen LogP contribution < -0.4 is 16.4 Å². The number of pyridine rings is 1. The van der Waals surface area contributed by atoms with Crippen molar-refractivity contribution in [1.29, 1.82) is 0 Å². The highest BCUT2D eigenvalue weighted by atomic mass is 16.3. The zero-order valence-electron chi connectivity index (χ0n) is 11.9. The van der Waals surface area contributed by atoms with E-state index in [2.05, 4.69) is 15.6 Å². The van der Waals surface area contributed by atoms with E-state index in [4.69, 9.17) is 5.73 Å². The van der Waals surface area contributed by atoms with Crippen molar-refractivity contribution in [1.82, 2.24) is 10.3 Å². The van der Waals surface area contributed by atoms with Gasteiger partial charge in [0.05, 0.1) is 6.54 Å². The number of rotatable bonds is 5. The van der Waals surface area contributed by atoms with Crippen molar-refractivity contribution < 1.29 is 19.5 Å². The fourth-order valence-electron chi connectivity index (χ4n) is 1.74. The number of carbonyl (C=O) groups is 3. The van der Waals surface area contributed by atoms with Crippen LogP contribution in [0.25, 0.3) is 0 Å². The molecule has 0 aliphatic rings. The third-order valence-corrected chi connectivity index (χ3v) is 2.83. The van der Waals surface area contributed by atoms with Crippen LogP contribution >= 0.6 is 0 Å². The first-order valence-corrected chi connectivity index (χ1v) is 6.59. The van der Waals surface area contributed by atoms with Crippen molar-refractivity contribution in [2.45, 2.75) is 0 Å². The molecule has 0 atom stereocenters. The maximum Gasteiger partial charge on any atom is 0.278 e. The molecule has 1 heterocycles. The maximum absolute atomic E-state index is 12.0. The SMILES string of the molecule is NC(=O)CNC(=O)c1ccc(NC(=O)c2ncccc2O)cc1. The van der Waals surface area contributed by atoms with Crippen LogP contribution in [0, 0.1) is 0 Å². The van der Waals surface area contributed by atoms with Crippen molar-refractivity contribution in [3.63, 3.8) is 0 Å². The highest BCUT2D eigenvalue weighted by Crippen LogP contribution is 2.16. The summed E-state index contributed by atoms with van der Waals surface area (Å²) in [4.78, 5) is 38.1. The number of anilines is 1. The summed E-state index contributed by atoms with van der Waals surface area (Å²) in [5, 5.41) is 14.5. The molecule has 1 aromatic heterocycles. The van der Waals surface area contributed by atoms with Crippen LogP contribution in [0.5, 0.6) is 5.75 Å². The van der Waals surface area contributed by atoms with Gasteiger partial charge in [0.2, 0.25) is 5.91 Å². The van der Waals surface area contributed by atoms with Gasteiger partial charge in [-0.05, 0) is 36.4 Å². The van der Waals surface area contributed by atoms with E-state index < -0.39 is 17.7 Å². The number of benzene rings is 1. The van der Waals surface area contributed by atoms with Crippen LogP contribution in [0.2, 0.25) is 0 Å². The summed E-state index contributed by atoms with van der Waals surface area (Å²) in [7, 11) is 0. The molecule has 8 heteroatoms. The van der Waals surface area contributed by atoms with Crippen LogP contribution in [0.15, 0.2) is 42.6 Å². The second-order valence-electron chi connectivity index (χ2n) is 4.55. The molecule has 3 amide bonds. The molecule has 0 unspecified atom stereocenters. The third kappa shape index (κ3) is 4.27. The number of aromatic nitrogens is 1. The molecule has 0 aliphatic carbocycles. The van der Waals surface area contributed by atoms with Crippen molar-refractivity contribution in [2.24, 2.45) is 5.73 Å². The molecule has 0 bridgehead atoms. The summed E-state index contributed by atoms with van der Waals surface area (Å²) in [5.41, 5.74) is 5.57. The lowest BCUT2D eigenvalue weighted by molar-refractivity contribution is -0.117. The first kappa shape index (κ1) is 16.0. The normalized spacial score (nSPS) is 9.91. The summed E-state index contributed by atoms with van der Waals surface area (Å²) in [5.74, 6) is -1.90. The number of primary amides is 1. The van der Waals surface area contributed by atoms with Gasteiger partial charge in [-0.25, -0.2) is 4.98 Å². The molecule has 0 radical (unpaired) electrons. The molecule has 0 aliphatic heterocycles. The van der Waals surface area contributed by atoms with E-state index in [9.17, 15) is 19.5 Å². The monoisotopic (exact) mass is 314 g/mol. The lowest BCUT2D eigenvalue weighted by Crippen LogP contribution is -2.33. The largest absolute Gasteiger partial charge is 0.505 e. The molecule has 118 valence electrons. The van der Waals surface area contributed by atoms with Gasteiger partial charge in [-0.15, -0.1) is 0 Å². The zero-order chi connectivity index (χ0) is 16.8. The van der Waals surface area contributed by atoms with Gasteiger partial charge in [-0.1, -0.05) is 0 Å². The summed E-state index contributed by atoms with van der Waals surface area (Å²) in [6, 6.07) is 8.84. The molecule has 5 N–H and O–H groups in total. The Labute approximate surface area is 131 Å². The maximum atomic E-state index is 12.0. The quantitative estimate of drug-likeness (QED) is 0.627. The molecule has 0 saturated carbocycles. The highest BCUT2D eigenvalue weighted by molar-refractivity contribution is 6.05. The molecular weight excluding hydrogens is 300 g/mol. The van der Waals surface area contributed by atoms with Gasteiger partial charge in [-0.3, -0.25) is 14.4 Å². The number of hydrogen-bond acceptors (Lipinski definition) is 5. The summed E-state index contributed by atoms with van der Waals surface area (Å²) >= 11 is 0. The Morgan fingerprint density at radius 1 is 1.09 bits per heavy atom. The zero-order valence-corrected chi connectivity index (χ0v) is 11.9. The van der Waals surface area contributed by atoms with Gasteiger partial charge >= 0.3 is 0 Å². The fourth-order valence-corrected chi connectivity index (χ4v) is 1.74. The van der Waals surface area contributed by atoms with Crippen LogP contribution in [0.3, 0.4) is 0 Å². The first-order chi connectivity index (χ1) is 11.0. The number of aromatic hydroxyl groups is 1. The Morgan fingerprint density at radius 3 is 2.39 bits per heavy atom. The van der Waals surface area contributed by atoms with Crippen LogP contribution in [-0.4, -0.2) is 34.4 Å². The first-order valence-electron chi connectivity index (χ1n) is 6.59. The molecule has 0 spiro atoms. The summed E-state index contributed by atoms with van der Waals surface area (Å²) in [6.07, 6.45) is 1.39. The van der Waals surface area contributed by atoms with Crippen molar-refractivity contribution >= 4 is 23.4 Å². The average molecular weight is 314 g/mol. The molecule has 8 nitrogen and oxygen atoms in total. The Bertz CT molecular complexity index is 743. The number of hydrogen-bond donors (Lipinski definition) is 4. The molecule has 0 fully saturated rings. The van der Waals surface area contributed by atoms with E-state index in [1.54, 1.807) is 0 Å². The molecular formula is C15H14N4O4. The van der Waals surface area contributed by atoms with E-state index in [0.29, 0.717) is 11.3 Å². The minimum Gasteiger partial charge on any atom is -0.505 e. The van der Waals surface area contributed by atoms with Crippen molar-refractivity contribution in [3.05, 3.63) is 53.9 Å². The van der Waals surface area contributed by atoms with Crippen LogP contribution in [-0.2, 0) is 4.79 Å². The van der Waals surface area contributed by atoms with Gasteiger partial charge < -0.3 is 21.5 Å². The predicted octanol–water partition coefficient (Wildman–Crippen LogP) is 0.255. The highest BCUT2D eigenvalue weighted by Gasteiger charge is 2.13. The standard InChI is InChI=1S/C15H14N4O4/c16-12(21)8-18-14(22)9-3-5-10(6-4-9)19-15(23)13-11(20)2-1-7-17-13/h1-7,20H,8H2,(H2,16,21)(H,18,22)(H,19,23). The lowest BCUT2D eigenvalue weighted by Gasteiger charge is -2.07. The molecule has 2 rings (SSSR count). The summed E-state index contributed by atoms with van der Waals surface area (Å²) in [6.45, 7) is -0.254. The Balaban J connectivity index is 2.03. The second-order valence-corrected chi connectivity index (χ2v) is 4.55. The Hall–Kier alpha value is -3.42. The van der Waals surface area contributed by atoms with E-state index >= 15 is 0 Å². The fraction of sp³-hybridized carbons (Fsp3) is 0.0667. The van der Waals surface area contributed by atoms with Gasteiger partial charge in [0.1, 0.15) is 5.75 Å². The van der Waals surface area contributed by atoms with Gasteiger partial charge in [-0.2, -0.15) is 0 Å². The van der Waals surface area contributed by atoms with Gasteiger partial charge in [0, 0.05) is 17.4 Å². The van der Waals surface area contributed by atoms with E-state index in [0.717, 1.165) is 0 Å². The Morgan fingerprint density at radius 2 is 1.78 bits per heavy atom. The number of nitrogens with two attached hydrogens (primary N) is 1. The number of nitrogens with one attached hydrogen (secondary N) is 2.